The summed E-state index contributed by atoms with van der Waals surface area (Å²) in [6.45, 7) is 0.472. The summed E-state index contributed by atoms with van der Waals surface area (Å²) in [6, 6.07) is 8.98. The van der Waals surface area contributed by atoms with Crippen molar-refractivity contribution in [2.24, 2.45) is 0 Å². The van der Waals surface area contributed by atoms with E-state index in [-0.39, 0.29) is 35.8 Å². The van der Waals surface area contributed by atoms with E-state index in [9.17, 15) is 22.0 Å². The van der Waals surface area contributed by atoms with Crippen molar-refractivity contribution in [3.05, 3.63) is 53.1 Å². The zero-order valence-corrected chi connectivity index (χ0v) is 19.0. The molecule has 0 spiro atoms. The first kappa shape index (κ1) is 24.0. The van der Waals surface area contributed by atoms with Crippen LogP contribution in [-0.2, 0) is 26.0 Å². The molecule has 6 nitrogen and oxygen atoms in total. The topological polar surface area (TPSA) is 78.9 Å². The van der Waals surface area contributed by atoms with Gasteiger partial charge in [-0.25, -0.2) is 8.42 Å². The number of methoxy groups -OCH3 is 1. The van der Waals surface area contributed by atoms with Crippen molar-refractivity contribution in [3.8, 4) is 11.5 Å². The molecule has 0 aliphatic heterocycles. The minimum absolute atomic E-state index is 0.0529. The van der Waals surface area contributed by atoms with Crippen molar-refractivity contribution >= 4 is 15.8 Å². The summed E-state index contributed by atoms with van der Waals surface area (Å²) in [5.41, 5.74) is 2.24. The Morgan fingerprint density at radius 1 is 1.03 bits per heavy atom. The summed E-state index contributed by atoms with van der Waals surface area (Å²) in [4.78, 5) is 13.2. The summed E-state index contributed by atoms with van der Waals surface area (Å²) in [5.74, 6) is -0.903. The van der Waals surface area contributed by atoms with Gasteiger partial charge in [-0.15, -0.1) is 0 Å². The van der Waals surface area contributed by atoms with Crippen LogP contribution in [0.25, 0.3) is 0 Å². The molecule has 0 atom stereocenters. The first-order chi connectivity index (χ1) is 15.1. The summed E-state index contributed by atoms with van der Waals surface area (Å²) in [7, 11) is -2.68. The molecule has 2 aromatic rings. The third kappa shape index (κ3) is 4.57. The number of carbonyl (C=O) groups excluding carboxylic acids is 1. The van der Waals surface area contributed by atoms with Crippen LogP contribution in [0.15, 0.2) is 41.3 Å². The number of halogens is 2. The van der Waals surface area contributed by atoms with E-state index in [0.29, 0.717) is 18.4 Å². The number of aryl methyl sites for hydroxylation is 2. The summed E-state index contributed by atoms with van der Waals surface area (Å²) in [6.07, 6.45) is 1.58. The van der Waals surface area contributed by atoms with Crippen LogP contribution in [0.4, 0.5) is 8.78 Å². The van der Waals surface area contributed by atoms with Gasteiger partial charge in [-0.2, -0.15) is 8.78 Å². The Kier molecular flexibility index (Phi) is 7.07. The zero-order chi connectivity index (χ0) is 23.5. The third-order valence-corrected chi connectivity index (χ3v) is 8.38. The maximum absolute atomic E-state index is 13.5. The van der Waals surface area contributed by atoms with Crippen LogP contribution in [0, 0.1) is 13.8 Å². The molecule has 1 aliphatic rings. The van der Waals surface area contributed by atoms with Crippen molar-refractivity contribution in [1.29, 1.82) is 0 Å². The zero-order valence-electron chi connectivity index (χ0n) is 18.2. The third-order valence-electron chi connectivity index (χ3n) is 5.90. The Balaban J connectivity index is 1.83. The molecule has 0 aromatic heterocycles. The number of alkyl halides is 2. The molecule has 0 radical (unpaired) electrons. The van der Waals surface area contributed by atoms with Crippen LogP contribution in [0.2, 0.25) is 0 Å². The largest absolute Gasteiger partial charge is 0.493 e. The fourth-order valence-electron chi connectivity index (χ4n) is 3.91. The van der Waals surface area contributed by atoms with Crippen LogP contribution in [0.1, 0.15) is 42.4 Å². The lowest BCUT2D eigenvalue weighted by Gasteiger charge is -2.27. The molecule has 0 heterocycles. The maximum Gasteiger partial charge on any atom is 0.387 e. The van der Waals surface area contributed by atoms with E-state index in [1.807, 2.05) is 13.8 Å². The highest BCUT2D eigenvalue weighted by atomic mass is 32.2. The van der Waals surface area contributed by atoms with Crippen LogP contribution < -0.4 is 9.47 Å². The number of esters is 1. The van der Waals surface area contributed by atoms with Crippen molar-refractivity contribution in [3.63, 3.8) is 0 Å². The summed E-state index contributed by atoms with van der Waals surface area (Å²) >= 11 is 0. The second kappa shape index (κ2) is 9.44. The molecule has 1 saturated carbocycles. The number of hydrogen-bond acceptors (Lipinski definition) is 6. The van der Waals surface area contributed by atoms with E-state index < -0.39 is 27.2 Å². The number of hydrogen-bond donors (Lipinski definition) is 0. The minimum atomic E-state index is -3.98. The first-order valence-electron chi connectivity index (χ1n) is 10.2. The Morgan fingerprint density at radius 3 is 2.31 bits per heavy atom. The van der Waals surface area contributed by atoms with Crippen LogP contribution in [0.5, 0.6) is 11.5 Å². The maximum atomic E-state index is 13.5. The van der Waals surface area contributed by atoms with Gasteiger partial charge in [-0.1, -0.05) is 25.0 Å². The van der Waals surface area contributed by atoms with Gasteiger partial charge in [0.2, 0.25) is 0 Å². The van der Waals surface area contributed by atoms with Crippen molar-refractivity contribution in [2.45, 2.75) is 62.4 Å². The van der Waals surface area contributed by atoms with Gasteiger partial charge >= 0.3 is 12.6 Å². The van der Waals surface area contributed by atoms with Crippen molar-refractivity contribution in [1.82, 2.24) is 0 Å². The molecular weight excluding hydrogens is 442 g/mol. The van der Waals surface area contributed by atoms with Crippen LogP contribution in [0.3, 0.4) is 0 Å². The summed E-state index contributed by atoms with van der Waals surface area (Å²) < 4.78 is 65.3. The normalized spacial score (nSPS) is 15.6. The molecule has 174 valence electrons. The van der Waals surface area contributed by atoms with Gasteiger partial charge < -0.3 is 14.2 Å². The average Bonchev–Trinajstić information content (AvgIpc) is 3.26. The molecule has 9 heteroatoms. The highest BCUT2D eigenvalue weighted by Gasteiger charge is 2.54. The van der Waals surface area contributed by atoms with E-state index in [4.69, 9.17) is 9.47 Å². The Morgan fingerprint density at radius 2 is 1.72 bits per heavy atom. The lowest BCUT2D eigenvalue weighted by molar-refractivity contribution is -0.148. The molecule has 3 rings (SSSR count). The number of carbonyl (C=O) groups is 1. The van der Waals surface area contributed by atoms with E-state index in [0.717, 1.165) is 11.1 Å². The molecule has 32 heavy (non-hydrogen) atoms. The molecule has 2 aromatic carbocycles. The van der Waals surface area contributed by atoms with E-state index in [1.165, 1.54) is 31.4 Å². The van der Waals surface area contributed by atoms with Gasteiger partial charge in [0.1, 0.15) is 6.61 Å². The number of benzene rings is 2. The van der Waals surface area contributed by atoms with E-state index >= 15 is 0 Å². The Bertz CT molecular complexity index is 1090. The number of sulfone groups is 1. The van der Waals surface area contributed by atoms with Gasteiger partial charge in [-0.05, 0) is 67.6 Å². The van der Waals surface area contributed by atoms with Gasteiger partial charge in [-0.3, -0.25) is 4.79 Å². The fraction of sp³-hybridized carbons (Fsp3) is 0.435. The quantitative estimate of drug-likeness (QED) is 0.521. The number of ether oxygens (including phenoxy) is 3. The molecule has 1 aliphatic carbocycles. The van der Waals surface area contributed by atoms with Crippen molar-refractivity contribution in [2.75, 3.05) is 7.11 Å². The SMILES string of the molecule is COc1cc(COC(=O)C2(S(=O)(=O)c3ccc(C)c(C)c3)CCCC2)ccc1OC(F)F. The predicted molar refractivity (Wildman–Crippen MR) is 114 cm³/mol. The van der Waals surface area contributed by atoms with Crippen molar-refractivity contribution < 1.29 is 36.2 Å². The van der Waals surface area contributed by atoms with Crippen LogP contribution in [-0.4, -0.2) is 32.9 Å². The van der Waals surface area contributed by atoms with Gasteiger partial charge in [0, 0.05) is 0 Å². The monoisotopic (exact) mass is 468 g/mol. The number of rotatable bonds is 8. The molecule has 0 unspecified atom stereocenters. The lowest BCUT2D eigenvalue weighted by Crippen LogP contribution is -2.45. The molecule has 0 bridgehead atoms. The highest BCUT2D eigenvalue weighted by molar-refractivity contribution is 7.93. The average molecular weight is 469 g/mol. The molecule has 1 fully saturated rings. The van der Waals surface area contributed by atoms with Gasteiger partial charge in [0.05, 0.1) is 12.0 Å². The Hall–Kier alpha value is -2.68. The smallest absolute Gasteiger partial charge is 0.387 e. The molecular formula is C23H26F2O6S. The van der Waals surface area contributed by atoms with Gasteiger partial charge in [0.25, 0.3) is 0 Å². The highest BCUT2D eigenvalue weighted by Crippen LogP contribution is 2.42. The molecule has 0 amide bonds. The second-order valence-electron chi connectivity index (χ2n) is 7.89. The van der Waals surface area contributed by atoms with Crippen LogP contribution >= 0.6 is 0 Å². The second-order valence-corrected chi connectivity index (χ2v) is 10.2. The fourth-order valence-corrected chi connectivity index (χ4v) is 6.05. The summed E-state index contributed by atoms with van der Waals surface area (Å²) in [5, 5.41) is 0. The first-order valence-corrected chi connectivity index (χ1v) is 11.7. The van der Waals surface area contributed by atoms with E-state index in [1.54, 1.807) is 12.1 Å². The Labute approximate surface area is 186 Å². The predicted octanol–water partition coefficient (Wildman–Crippen LogP) is 4.74. The molecule has 0 saturated heterocycles. The molecule has 0 N–H and O–H groups in total. The van der Waals surface area contributed by atoms with E-state index in [2.05, 4.69) is 4.74 Å². The van der Waals surface area contributed by atoms with Gasteiger partial charge in [0.15, 0.2) is 26.1 Å². The lowest BCUT2D eigenvalue weighted by atomic mass is 10.1. The minimum Gasteiger partial charge on any atom is -0.493 e. The standard InChI is InChI=1S/C23H26F2O6S/c1-15-6-8-18(12-16(15)2)32(27,28)23(10-4-5-11-23)21(26)30-14-17-7-9-19(31-22(24)25)20(13-17)29-3/h6-9,12-13,22H,4-5,10-11,14H2,1-3H3.